The fraction of sp³-hybridized carbons (Fsp3) is 0.125. The summed E-state index contributed by atoms with van der Waals surface area (Å²) in [4.78, 5) is 22.8. The molecule has 0 saturated heterocycles. The highest BCUT2D eigenvalue weighted by Crippen LogP contribution is 2.25. The molecule has 7 nitrogen and oxygen atoms in total. The van der Waals surface area contributed by atoms with Crippen molar-refractivity contribution in [2.75, 3.05) is 5.32 Å². The Morgan fingerprint density at radius 1 is 1.35 bits per heavy atom. The van der Waals surface area contributed by atoms with E-state index in [2.05, 4.69) is 25.4 Å². The smallest absolute Gasteiger partial charge is 0.247 e. The van der Waals surface area contributed by atoms with Gasteiger partial charge >= 0.3 is 0 Å². The molecule has 2 heterocycles. The van der Waals surface area contributed by atoms with Gasteiger partial charge in [-0.25, -0.2) is 19.6 Å². The topological polar surface area (TPSA) is 85.6 Å². The summed E-state index contributed by atoms with van der Waals surface area (Å²) in [7, 11) is 0. The number of nitrogens with zero attached hydrogens (tertiary/aromatic N) is 5. The summed E-state index contributed by atoms with van der Waals surface area (Å²) in [5, 5.41) is 6.46. The Hall–Kier alpha value is -1.73. The van der Waals surface area contributed by atoms with Gasteiger partial charge in [0.2, 0.25) is 5.91 Å². The van der Waals surface area contributed by atoms with E-state index in [4.69, 9.17) is 23.2 Å². The van der Waals surface area contributed by atoms with Crippen LogP contribution in [0.25, 0.3) is 0 Å². The molecule has 88 valence electrons. The molecule has 0 aliphatic heterocycles. The van der Waals surface area contributed by atoms with Crippen LogP contribution in [-0.4, -0.2) is 30.6 Å². The van der Waals surface area contributed by atoms with E-state index in [0.717, 1.165) is 0 Å². The van der Waals surface area contributed by atoms with Crippen molar-refractivity contribution in [3.63, 3.8) is 0 Å². The van der Waals surface area contributed by atoms with E-state index >= 15 is 0 Å². The molecular formula is C8H6Cl2N6O. The molecule has 2 aromatic heterocycles. The number of aromatic nitrogens is 5. The quantitative estimate of drug-likeness (QED) is 0.843. The van der Waals surface area contributed by atoms with Crippen molar-refractivity contribution in [2.24, 2.45) is 0 Å². The number of nitrogens with one attached hydrogen (secondary N) is 1. The number of anilines is 1. The van der Waals surface area contributed by atoms with Gasteiger partial charge in [0.1, 0.15) is 30.5 Å². The molecule has 0 unspecified atom stereocenters. The number of rotatable bonds is 3. The molecule has 2 rings (SSSR count). The normalized spacial score (nSPS) is 10.2. The van der Waals surface area contributed by atoms with Gasteiger partial charge in [-0.3, -0.25) is 4.79 Å². The SMILES string of the molecule is O=C(Cn1cncn1)Nc1ncnc(Cl)c1Cl. The van der Waals surface area contributed by atoms with Crippen molar-refractivity contribution in [3.05, 3.63) is 29.2 Å². The number of amides is 1. The van der Waals surface area contributed by atoms with E-state index in [9.17, 15) is 4.79 Å². The summed E-state index contributed by atoms with van der Waals surface area (Å²) in [5.74, 6) is -0.177. The van der Waals surface area contributed by atoms with Gasteiger partial charge in [0.15, 0.2) is 11.0 Å². The van der Waals surface area contributed by atoms with Gasteiger partial charge in [-0.15, -0.1) is 0 Å². The lowest BCUT2D eigenvalue weighted by atomic mass is 10.5. The predicted molar refractivity (Wildman–Crippen MR) is 60.7 cm³/mol. The molecule has 0 aliphatic carbocycles. The van der Waals surface area contributed by atoms with Crippen molar-refractivity contribution in [1.82, 2.24) is 24.7 Å². The van der Waals surface area contributed by atoms with Crippen molar-refractivity contribution in [1.29, 1.82) is 0 Å². The molecule has 0 fully saturated rings. The summed E-state index contributed by atoms with van der Waals surface area (Å²) < 4.78 is 1.37. The van der Waals surface area contributed by atoms with Crippen LogP contribution in [0.5, 0.6) is 0 Å². The second-order valence-electron chi connectivity index (χ2n) is 2.97. The van der Waals surface area contributed by atoms with Crippen molar-refractivity contribution in [2.45, 2.75) is 6.54 Å². The fourth-order valence-corrected chi connectivity index (χ4v) is 1.35. The molecule has 9 heteroatoms. The zero-order chi connectivity index (χ0) is 12.3. The summed E-state index contributed by atoms with van der Waals surface area (Å²) in [5.41, 5.74) is 0. The second-order valence-corrected chi connectivity index (χ2v) is 3.70. The van der Waals surface area contributed by atoms with Gasteiger partial charge in [-0.2, -0.15) is 5.10 Å². The van der Waals surface area contributed by atoms with Gasteiger partial charge in [0.25, 0.3) is 0 Å². The molecule has 0 aliphatic rings. The summed E-state index contributed by atoms with van der Waals surface area (Å²) in [6, 6.07) is 0. The monoisotopic (exact) mass is 272 g/mol. The number of carbonyl (C=O) groups excluding carboxylic acids is 1. The average molecular weight is 273 g/mol. The van der Waals surface area contributed by atoms with Crippen LogP contribution in [0, 0.1) is 0 Å². The highest BCUT2D eigenvalue weighted by molar-refractivity contribution is 6.42. The van der Waals surface area contributed by atoms with Crippen LogP contribution in [0.4, 0.5) is 5.82 Å². The van der Waals surface area contributed by atoms with Crippen LogP contribution in [0.3, 0.4) is 0 Å². The van der Waals surface area contributed by atoms with Crippen LogP contribution < -0.4 is 5.32 Å². The van der Waals surface area contributed by atoms with Gasteiger partial charge in [0.05, 0.1) is 0 Å². The van der Waals surface area contributed by atoms with Crippen LogP contribution >= 0.6 is 23.2 Å². The highest BCUT2D eigenvalue weighted by Gasteiger charge is 2.11. The minimum absolute atomic E-state index is 0.0119. The maximum atomic E-state index is 11.6. The first-order valence-corrected chi connectivity index (χ1v) is 5.20. The lowest BCUT2D eigenvalue weighted by molar-refractivity contribution is -0.116. The van der Waals surface area contributed by atoms with E-state index in [-0.39, 0.29) is 28.4 Å². The molecule has 0 spiro atoms. The molecule has 0 bridgehead atoms. The molecule has 0 radical (unpaired) electrons. The number of carbonyl (C=O) groups is 1. The van der Waals surface area contributed by atoms with E-state index in [0.29, 0.717) is 0 Å². The molecule has 1 amide bonds. The minimum atomic E-state index is -0.341. The van der Waals surface area contributed by atoms with E-state index in [1.807, 2.05) is 0 Å². The largest absolute Gasteiger partial charge is 0.308 e. The van der Waals surface area contributed by atoms with Crippen molar-refractivity contribution >= 4 is 34.9 Å². The van der Waals surface area contributed by atoms with Gasteiger partial charge in [0, 0.05) is 0 Å². The maximum absolute atomic E-state index is 11.6. The van der Waals surface area contributed by atoms with Gasteiger partial charge in [-0.05, 0) is 0 Å². The van der Waals surface area contributed by atoms with Crippen LogP contribution in [-0.2, 0) is 11.3 Å². The number of hydrogen-bond acceptors (Lipinski definition) is 5. The third kappa shape index (κ3) is 2.89. The summed E-state index contributed by atoms with van der Waals surface area (Å²) >= 11 is 11.5. The Balaban J connectivity index is 2.06. The Labute approximate surface area is 106 Å². The molecular weight excluding hydrogens is 267 g/mol. The zero-order valence-electron chi connectivity index (χ0n) is 8.34. The highest BCUT2D eigenvalue weighted by atomic mass is 35.5. The second kappa shape index (κ2) is 5.07. The number of hydrogen-bond donors (Lipinski definition) is 1. The Kier molecular flexibility index (Phi) is 3.50. The predicted octanol–water partition coefficient (Wildman–Crippen LogP) is 1.01. The Morgan fingerprint density at radius 3 is 2.88 bits per heavy atom. The molecule has 0 aromatic carbocycles. The Bertz CT molecular complexity index is 529. The van der Waals surface area contributed by atoms with Gasteiger partial charge < -0.3 is 5.32 Å². The first kappa shape index (κ1) is 11.7. The number of halogens is 2. The first-order valence-electron chi connectivity index (χ1n) is 4.45. The molecule has 17 heavy (non-hydrogen) atoms. The van der Waals surface area contributed by atoms with Crippen LogP contribution in [0.1, 0.15) is 0 Å². The van der Waals surface area contributed by atoms with E-state index in [1.54, 1.807) is 0 Å². The lowest BCUT2D eigenvalue weighted by Gasteiger charge is -2.05. The zero-order valence-corrected chi connectivity index (χ0v) is 9.85. The molecule has 2 aromatic rings. The lowest BCUT2D eigenvalue weighted by Crippen LogP contribution is -2.20. The average Bonchev–Trinajstić information content (AvgIpc) is 2.77. The third-order valence-corrected chi connectivity index (χ3v) is 2.52. The van der Waals surface area contributed by atoms with Crippen molar-refractivity contribution in [3.8, 4) is 0 Å². The van der Waals surface area contributed by atoms with E-state index in [1.165, 1.54) is 23.7 Å². The van der Waals surface area contributed by atoms with Gasteiger partial charge in [-0.1, -0.05) is 23.2 Å². The van der Waals surface area contributed by atoms with Crippen LogP contribution in [0.2, 0.25) is 10.2 Å². The maximum Gasteiger partial charge on any atom is 0.247 e. The molecule has 1 N–H and O–H groups in total. The summed E-state index contributed by atoms with van der Waals surface area (Å²) in [6.07, 6.45) is 3.97. The fourth-order valence-electron chi connectivity index (χ4n) is 1.07. The standard InChI is InChI=1S/C8H6Cl2N6O/c9-6-7(10)12-3-13-8(6)15-5(17)1-16-4-11-2-14-16/h2-4H,1H2,(H,12,13,15,17). The Morgan fingerprint density at radius 2 is 2.18 bits per heavy atom. The van der Waals surface area contributed by atoms with Crippen molar-refractivity contribution < 1.29 is 4.79 Å². The van der Waals surface area contributed by atoms with E-state index < -0.39 is 0 Å². The minimum Gasteiger partial charge on any atom is -0.308 e. The first-order chi connectivity index (χ1) is 8.16. The van der Waals surface area contributed by atoms with Crippen LogP contribution in [0.15, 0.2) is 19.0 Å². The molecule has 0 saturated carbocycles. The third-order valence-electron chi connectivity index (χ3n) is 1.78. The molecule has 0 atom stereocenters. The summed E-state index contributed by atoms with van der Waals surface area (Å²) in [6.45, 7) is 0.0119.